The van der Waals surface area contributed by atoms with E-state index in [-0.39, 0.29) is 11.9 Å². The van der Waals surface area contributed by atoms with E-state index in [0.29, 0.717) is 5.75 Å². The second-order valence-corrected chi connectivity index (χ2v) is 5.78. The molecule has 0 amide bonds. The number of carbonyl (C=O) groups is 1. The van der Waals surface area contributed by atoms with Crippen LogP contribution in [0, 0.1) is 12.8 Å². The molecule has 1 unspecified atom stereocenters. The van der Waals surface area contributed by atoms with Crippen molar-refractivity contribution in [3.05, 3.63) is 54.1 Å². The Morgan fingerprint density at radius 1 is 0.955 bits per heavy atom. The molecule has 0 heterocycles. The Labute approximate surface area is 130 Å². The molecule has 0 fully saturated rings. The average molecular weight is 292 g/mol. The predicted molar refractivity (Wildman–Crippen MR) is 91.3 cm³/mol. The van der Waals surface area contributed by atoms with Crippen LogP contribution in [0.2, 0.25) is 0 Å². The minimum absolute atomic E-state index is 0.0983. The van der Waals surface area contributed by atoms with E-state index in [9.17, 15) is 4.79 Å². The highest BCUT2D eigenvalue weighted by atomic mass is 16.5. The van der Waals surface area contributed by atoms with Crippen LogP contribution >= 0.6 is 0 Å². The fourth-order valence-electron chi connectivity index (χ4n) is 2.78. The van der Waals surface area contributed by atoms with Crippen LogP contribution in [0.3, 0.4) is 0 Å². The Morgan fingerprint density at radius 3 is 1.86 bits per heavy atom. The van der Waals surface area contributed by atoms with Crippen molar-refractivity contribution in [2.75, 3.05) is 0 Å². The number of hydrogen-bond donors (Lipinski definition) is 0. The number of benzene rings is 3. The van der Waals surface area contributed by atoms with Gasteiger partial charge in [0.15, 0.2) is 0 Å². The van der Waals surface area contributed by atoms with Gasteiger partial charge in [-0.1, -0.05) is 62.4 Å². The number of hydrogen-bond acceptors (Lipinski definition) is 2. The Morgan fingerprint density at radius 2 is 1.41 bits per heavy atom. The number of aryl methyl sites for hydroxylation is 1. The van der Waals surface area contributed by atoms with Gasteiger partial charge in [0.1, 0.15) is 5.75 Å². The first kappa shape index (κ1) is 14.6. The molecule has 0 aliphatic heterocycles. The summed E-state index contributed by atoms with van der Waals surface area (Å²) in [6.45, 7) is 6.02. The van der Waals surface area contributed by atoms with Gasteiger partial charge in [-0.25, -0.2) is 0 Å². The maximum Gasteiger partial charge on any atom is 0.314 e. The second kappa shape index (κ2) is 5.80. The van der Waals surface area contributed by atoms with Gasteiger partial charge in [0.05, 0.1) is 5.92 Å². The molecule has 1 atom stereocenters. The third-order valence-electron chi connectivity index (χ3n) is 4.37. The summed E-state index contributed by atoms with van der Waals surface area (Å²) in [5, 5.41) is 4.26. The van der Waals surface area contributed by atoms with E-state index in [1.807, 2.05) is 50.2 Å². The SMILES string of the molecule is CCC(C)C(=O)Oc1c2ccccc2c(C)c2ccccc12. The molecule has 0 spiro atoms. The first-order chi connectivity index (χ1) is 10.6. The quantitative estimate of drug-likeness (QED) is 0.374. The monoisotopic (exact) mass is 292 g/mol. The van der Waals surface area contributed by atoms with Gasteiger partial charge in [-0.15, -0.1) is 0 Å². The topological polar surface area (TPSA) is 26.3 Å². The van der Waals surface area contributed by atoms with Gasteiger partial charge in [0.25, 0.3) is 0 Å². The average Bonchev–Trinajstić information content (AvgIpc) is 2.57. The van der Waals surface area contributed by atoms with Gasteiger partial charge < -0.3 is 4.74 Å². The molecule has 2 heteroatoms. The maximum atomic E-state index is 12.3. The van der Waals surface area contributed by atoms with Crippen molar-refractivity contribution < 1.29 is 9.53 Å². The molecule has 0 saturated heterocycles. The standard InChI is InChI=1S/C20H20O2/c1-4-13(2)20(21)22-19-17-11-7-5-9-15(17)14(3)16-10-6-8-12-18(16)19/h5-13H,4H2,1-3H3. The molecule has 0 saturated carbocycles. The summed E-state index contributed by atoms with van der Waals surface area (Å²) in [4.78, 5) is 12.3. The van der Waals surface area contributed by atoms with Gasteiger partial charge in [-0.05, 0) is 29.7 Å². The highest BCUT2D eigenvalue weighted by molar-refractivity contribution is 6.09. The number of carbonyl (C=O) groups excluding carboxylic acids is 1. The lowest BCUT2D eigenvalue weighted by Crippen LogP contribution is -2.17. The number of rotatable bonds is 3. The minimum atomic E-state index is -0.165. The molecule has 0 radical (unpaired) electrons. The lowest BCUT2D eigenvalue weighted by atomic mass is 9.96. The van der Waals surface area contributed by atoms with Gasteiger partial charge >= 0.3 is 5.97 Å². The van der Waals surface area contributed by atoms with Crippen LogP contribution in [0.5, 0.6) is 5.75 Å². The molecule has 22 heavy (non-hydrogen) atoms. The summed E-state index contributed by atoms with van der Waals surface area (Å²) in [6, 6.07) is 16.2. The molecular weight excluding hydrogens is 272 g/mol. The largest absolute Gasteiger partial charge is 0.425 e. The molecule has 0 aromatic heterocycles. The van der Waals surface area contributed by atoms with Crippen molar-refractivity contribution >= 4 is 27.5 Å². The predicted octanol–water partition coefficient (Wildman–Crippen LogP) is 5.25. The fraction of sp³-hybridized carbons (Fsp3) is 0.250. The Bertz CT molecular complexity index is 792. The molecular formula is C20H20O2. The van der Waals surface area contributed by atoms with Gasteiger partial charge in [0, 0.05) is 10.8 Å². The van der Waals surface area contributed by atoms with Crippen molar-refractivity contribution in [1.29, 1.82) is 0 Å². The summed E-state index contributed by atoms with van der Waals surface area (Å²) < 4.78 is 5.81. The zero-order valence-corrected chi connectivity index (χ0v) is 13.2. The Kier molecular flexibility index (Phi) is 3.84. The van der Waals surface area contributed by atoms with Gasteiger partial charge in [-0.3, -0.25) is 4.79 Å². The Hall–Kier alpha value is -2.35. The first-order valence-corrected chi connectivity index (χ1v) is 7.75. The summed E-state index contributed by atoms with van der Waals surface area (Å²) in [6.07, 6.45) is 0.778. The zero-order chi connectivity index (χ0) is 15.7. The minimum Gasteiger partial charge on any atom is -0.425 e. The van der Waals surface area contributed by atoms with Crippen molar-refractivity contribution in [3.63, 3.8) is 0 Å². The van der Waals surface area contributed by atoms with Crippen LogP contribution in [0.15, 0.2) is 48.5 Å². The van der Waals surface area contributed by atoms with Crippen LogP contribution in [-0.2, 0) is 4.79 Å². The fourth-order valence-corrected chi connectivity index (χ4v) is 2.78. The normalized spacial score (nSPS) is 12.5. The van der Waals surface area contributed by atoms with Crippen molar-refractivity contribution in [1.82, 2.24) is 0 Å². The molecule has 3 aromatic carbocycles. The van der Waals surface area contributed by atoms with E-state index >= 15 is 0 Å². The van der Waals surface area contributed by atoms with E-state index in [2.05, 4.69) is 19.1 Å². The lowest BCUT2D eigenvalue weighted by Gasteiger charge is -2.16. The van der Waals surface area contributed by atoms with Crippen LogP contribution in [0.4, 0.5) is 0 Å². The second-order valence-electron chi connectivity index (χ2n) is 5.78. The molecule has 0 N–H and O–H groups in total. The summed E-state index contributed by atoms with van der Waals surface area (Å²) in [5.41, 5.74) is 1.22. The summed E-state index contributed by atoms with van der Waals surface area (Å²) in [5.74, 6) is 0.419. The maximum absolute atomic E-state index is 12.3. The van der Waals surface area contributed by atoms with Crippen molar-refractivity contribution in [2.24, 2.45) is 5.92 Å². The van der Waals surface area contributed by atoms with Crippen molar-refractivity contribution in [2.45, 2.75) is 27.2 Å². The number of esters is 1. The van der Waals surface area contributed by atoms with Crippen molar-refractivity contribution in [3.8, 4) is 5.75 Å². The van der Waals surface area contributed by atoms with Crippen LogP contribution in [-0.4, -0.2) is 5.97 Å². The molecule has 112 valence electrons. The van der Waals surface area contributed by atoms with E-state index in [1.165, 1.54) is 5.56 Å². The number of fused-ring (bicyclic) bond motifs is 2. The molecule has 0 bridgehead atoms. The smallest absolute Gasteiger partial charge is 0.314 e. The third-order valence-corrected chi connectivity index (χ3v) is 4.37. The van der Waals surface area contributed by atoms with E-state index in [1.54, 1.807) is 0 Å². The van der Waals surface area contributed by atoms with Gasteiger partial charge in [-0.2, -0.15) is 0 Å². The summed E-state index contributed by atoms with van der Waals surface area (Å²) in [7, 11) is 0. The summed E-state index contributed by atoms with van der Waals surface area (Å²) >= 11 is 0. The first-order valence-electron chi connectivity index (χ1n) is 7.75. The molecule has 3 aromatic rings. The van der Waals surface area contributed by atoms with Crippen LogP contribution in [0.25, 0.3) is 21.5 Å². The van der Waals surface area contributed by atoms with Crippen LogP contribution in [0.1, 0.15) is 25.8 Å². The van der Waals surface area contributed by atoms with E-state index in [0.717, 1.165) is 28.0 Å². The number of ether oxygens (including phenoxy) is 1. The van der Waals surface area contributed by atoms with Gasteiger partial charge in [0.2, 0.25) is 0 Å². The third kappa shape index (κ3) is 2.35. The van der Waals surface area contributed by atoms with Crippen LogP contribution < -0.4 is 4.74 Å². The molecule has 0 aliphatic carbocycles. The molecule has 0 aliphatic rings. The molecule has 3 rings (SSSR count). The zero-order valence-electron chi connectivity index (χ0n) is 13.2. The Balaban J connectivity index is 2.29. The highest BCUT2D eigenvalue weighted by Crippen LogP contribution is 2.38. The molecule has 2 nitrogen and oxygen atoms in total. The van der Waals surface area contributed by atoms with E-state index < -0.39 is 0 Å². The van der Waals surface area contributed by atoms with E-state index in [4.69, 9.17) is 4.74 Å². The highest BCUT2D eigenvalue weighted by Gasteiger charge is 2.18. The lowest BCUT2D eigenvalue weighted by molar-refractivity contribution is -0.138.